The number of allylic oxidation sites excluding steroid dienone is 2. The third kappa shape index (κ3) is 5.60. The molecule has 15 heavy (non-hydrogen) atoms. The summed E-state index contributed by atoms with van der Waals surface area (Å²) in [7, 11) is 0. The molecule has 0 heterocycles. The van der Waals surface area contributed by atoms with Gasteiger partial charge in [0.2, 0.25) is 0 Å². The standard InChI is InChI=1S/C12H19BrCl2/c13-10-8-6-4-2-1-3-5-7-9-11(14)12(10)15/h10H,1-9H2. The predicted molar refractivity (Wildman–Crippen MR) is 73.0 cm³/mol. The first kappa shape index (κ1) is 13.9. The van der Waals surface area contributed by atoms with Crippen molar-refractivity contribution in [3.63, 3.8) is 0 Å². The third-order valence-corrected chi connectivity index (χ3v) is 5.05. The van der Waals surface area contributed by atoms with Crippen LogP contribution in [0, 0.1) is 0 Å². The first-order chi connectivity index (χ1) is 7.22. The van der Waals surface area contributed by atoms with Crippen molar-refractivity contribution in [3.05, 3.63) is 10.1 Å². The predicted octanol–water partition coefficient (Wildman–Crippen LogP) is 5.96. The van der Waals surface area contributed by atoms with Gasteiger partial charge in [-0.15, -0.1) is 0 Å². The molecule has 0 aromatic carbocycles. The zero-order chi connectivity index (χ0) is 11.1. The van der Waals surface area contributed by atoms with Gasteiger partial charge >= 0.3 is 0 Å². The van der Waals surface area contributed by atoms with Crippen LogP contribution in [-0.2, 0) is 0 Å². The van der Waals surface area contributed by atoms with Crippen molar-refractivity contribution in [1.29, 1.82) is 0 Å². The minimum Gasteiger partial charge on any atom is -0.0879 e. The monoisotopic (exact) mass is 312 g/mol. The molecule has 1 aliphatic rings. The van der Waals surface area contributed by atoms with Crippen LogP contribution in [-0.4, -0.2) is 4.83 Å². The summed E-state index contributed by atoms with van der Waals surface area (Å²) in [6, 6.07) is 0. The highest BCUT2D eigenvalue weighted by Gasteiger charge is 2.13. The Bertz CT molecular complexity index is 214. The zero-order valence-electron chi connectivity index (χ0n) is 9.08. The molecule has 1 rings (SSSR count). The van der Waals surface area contributed by atoms with Crippen molar-refractivity contribution in [2.24, 2.45) is 0 Å². The maximum Gasteiger partial charge on any atom is 0.0514 e. The molecule has 1 aliphatic carbocycles. The fourth-order valence-corrected chi connectivity index (χ4v) is 3.10. The number of hydrogen-bond donors (Lipinski definition) is 0. The fraction of sp³-hybridized carbons (Fsp3) is 0.833. The normalized spacial score (nSPS) is 27.0. The summed E-state index contributed by atoms with van der Waals surface area (Å²) in [6.07, 6.45) is 11.2. The van der Waals surface area contributed by atoms with E-state index in [9.17, 15) is 0 Å². The molecule has 0 N–H and O–H groups in total. The molecule has 1 unspecified atom stereocenters. The lowest BCUT2D eigenvalue weighted by Gasteiger charge is -2.12. The summed E-state index contributed by atoms with van der Waals surface area (Å²) in [6.45, 7) is 0. The van der Waals surface area contributed by atoms with Crippen molar-refractivity contribution in [1.82, 2.24) is 0 Å². The van der Waals surface area contributed by atoms with Gasteiger partial charge in [0.05, 0.1) is 4.83 Å². The molecule has 3 heteroatoms. The lowest BCUT2D eigenvalue weighted by atomic mass is 10.0. The van der Waals surface area contributed by atoms with Gasteiger partial charge in [0, 0.05) is 10.1 Å². The minimum atomic E-state index is 0.270. The van der Waals surface area contributed by atoms with Gasteiger partial charge in [-0.2, -0.15) is 0 Å². The van der Waals surface area contributed by atoms with Gasteiger partial charge in [-0.3, -0.25) is 0 Å². The highest BCUT2D eigenvalue weighted by molar-refractivity contribution is 9.09. The summed E-state index contributed by atoms with van der Waals surface area (Å²) >= 11 is 16.0. The summed E-state index contributed by atoms with van der Waals surface area (Å²) in [5, 5.41) is 1.69. The fourth-order valence-electron chi connectivity index (χ4n) is 1.90. The highest BCUT2D eigenvalue weighted by atomic mass is 79.9. The Morgan fingerprint density at radius 2 is 1.40 bits per heavy atom. The van der Waals surface area contributed by atoms with Crippen LogP contribution < -0.4 is 0 Å². The maximum atomic E-state index is 6.22. The van der Waals surface area contributed by atoms with Crippen molar-refractivity contribution in [2.45, 2.75) is 62.6 Å². The Morgan fingerprint density at radius 1 is 0.867 bits per heavy atom. The number of alkyl halides is 1. The van der Waals surface area contributed by atoms with Gasteiger partial charge in [-0.1, -0.05) is 77.7 Å². The number of halogens is 3. The Kier molecular flexibility index (Phi) is 7.37. The largest absolute Gasteiger partial charge is 0.0879 e. The first-order valence-electron chi connectivity index (χ1n) is 5.90. The molecule has 0 saturated heterocycles. The van der Waals surface area contributed by atoms with Crippen molar-refractivity contribution in [2.75, 3.05) is 0 Å². The first-order valence-corrected chi connectivity index (χ1v) is 7.57. The Hall–Kier alpha value is 0.800. The van der Waals surface area contributed by atoms with Crippen molar-refractivity contribution < 1.29 is 0 Å². The molecule has 0 saturated carbocycles. The minimum absolute atomic E-state index is 0.270. The van der Waals surface area contributed by atoms with Crippen molar-refractivity contribution >= 4 is 39.1 Å². The van der Waals surface area contributed by atoms with Crippen LogP contribution in [0.5, 0.6) is 0 Å². The second-order valence-electron chi connectivity index (χ2n) is 4.23. The van der Waals surface area contributed by atoms with E-state index in [0.29, 0.717) is 0 Å². The summed E-state index contributed by atoms with van der Waals surface area (Å²) in [4.78, 5) is 0.270. The maximum absolute atomic E-state index is 6.22. The molecule has 0 aromatic heterocycles. The summed E-state index contributed by atoms with van der Waals surface area (Å²) in [5.74, 6) is 0. The molecule has 0 spiro atoms. The summed E-state index contributed by atoms with van der Waals surface area (Å²) in [5.41, 5.74) is 0. The van der Waals surface area contributed by atoms with E-state index in [1.807, 2.05) is 0 Å². The Balaban J connectivity index is 2.52. The van der Waals surface area contributed by atoms with Crippen molar-refractivity contribution in [3.8, 4) is 0 Å². The van der Waals surface area contributed by atoms with E-state index in [0.717, 1.165) is 22.9 Å². The molecule has 88 valence electrons. The van der Waals surface area contributed by atoms with Gasteiger partial charge in [-0.25, -0.2) is 0 Å². The van der Waals surface area contributed by atoms with E-state index >= 15 is 0 Å². The molecule has 0 bridgehead atoms. The van der Waals surface area contributed by atoms with E-state index in [1.54, 1.807) is 0 Å². The van der Waals surface area contributed by atoms with Crippen LogP contribution in [0.1, 0.15) is 57.8 Å². The van der Waals surface area contributed by atoms with Crippen LogP contribution in [0.25, 0.3) is 0 Å². The van der Waals surface area contributed by atoms with E-state index in [-0.39, 0.29) is 4.83 Å². The van der Waals surface area contributed by atoms with Gasteiger partial charge in [-0.05, 0) is 19.3 Å². The third-order valence-electron chi connectivity index (χ3n) is 2.89. The molecule has 0 radical (unpaired) electrons. The van der Waals surface area contributed by atoms with Gasteiger partial charge < -0.3 is 0 Å². The summed E-state index contributed by atoms with van der Waals surface area (Å²) < 4.78 is 0. The topological polar surface area (TPSA) is 0 Å². The molecular weight excluding hydrogens is 295 g/mol. The van der Waals surface area contributed by atoms with E-state index in [1.165, 1.54) is 44.9 Å². The molecule has 0 aromatic rings. The molecule has 0 fully saturated rings. The highest BCUT2D eigenvalue weighted by Crippen LogP contribution is 2.30. The average molecular weight is 314 g/mol. The lowest BCUT2D eigenvalue weighted by molar-refractivity contribution is 0.567. The van der Waals surface area contributed by atoms with E-state index in [2.05, 4.69) is 15.9 Å². The molecule has 0 aliphatic heterocycles. The Labute approximate surface area is 112 Å². The second-order valence-corrected chi connectivity index (χ2v) is 6.20. The quantitative estimate of drug-likeness (QED) is 0.484. The molecule has 1 atom stereocenters. The number of rotatable bonds is 0. The number of hydrogen-bond acceptors (Lipinski definition) is 0. The average Bonchev–Trinajstić information content (AvgIpc) is 2.23. The molecular formula is C12H19BrCl2. The van der Waals surface area contributed by atoms with E-state index in [4.69, 9.17) is 23.2 Å². The van der Waals surface area contributed by atoms with Gasteiger partial charge in [0.1, 0.15) is 0 Å². The van der Waals surface area contributed by atoms with Crippen LogP contribution in [0.15, 0.2) is 10.1 Å². The molecule has 0 nitrogen and oxygen atoms in total. The van der Waals surface area contributed by atoms with Crippen LogP contribution in [0.2, 0.25) is 0 Å². The van der Waals surface area contributed by atoms with Crippen LogP contribution >= 0.6 is 39.1 Å². The second kappa shape index (κ2) is 7.97. The molecule has 0 amide bonds. The Morgan fingerprint density at radius 3 is 2.07 bits per heavy atom. The van der Waals surface area contributed by atoms with Crippen LogP contribution in [0.3, 0.4) is 0 Å². The zero-order valence-corrected chi connectivity index (χ0v) is 12.2. The van der Waals surface area contributed by atoms with Gasteiger partial charge in [0.15, 0.2) is 0 Å². The lowest BCUT2D eigenvalue weighted by Crippen LogP contribution is -2.00. The van der Waals surface area contributed by atoms with E-state index < -0.39 is 0 Å². The smallest absolute Gasteiger partial charge is 0.0514 e. The van der Waals surface area contributed by atoms with Crippen LogP contribution in [0.4, 0.5) is 0 Å². The van der Waals surface area contributed by atoms with Gasteiger partial charge in [0.25, 0.3) is 0 Å². The SMILES string of the molecule is ClC1=C(Cl)C(Br)CCCCCCCCC1.